The Labute approximate surface area is 177 Å². The molecule has 0 bridgehead atoms. The molecule has 1 amide bonds. The van der Waals surface area contributed by atoms with E-state index in [4.69, 9.17) is 9.47 Å². The van der Waals surface area contributed by atoms with Crippen LogP contribution in [0.3, 0.4) is 0 Å². The molecule has 0 unspecified atom stereocenters. The van der Waals surface area contributed by atoms with Gasteiger partial charge in [0, 0.05) is 23.4 Å². The van der Waals surface area contributed by atoms with Crippen LogP contribution in [0, 0.1) is 0 Å². The third-order valence-electron chi connectivity index (χ3n) is 4.41. The molecule has 3 heterocycles. The Morgan fingerprint density at radius 2 is 2.10 bits per heavy atom. The molecule has 0 atom stereocenters. The average molecular weight is 431 g/mol. The van der Waals surface area contributed by atoms with Crippen LogP contribution in [0.4, 0.5) is 0 Å². The molecule has 0 radical (unpaired) electrons. The van der Waals surface area contributed by atoms with E-state index in [1.165, 1.54) is 11.8 Å². The number of amides is 1. The maximum absolute atomic E-state index is 12.2. The second-order valence-electron chi connectivity index (χ2n) is 6.41. The van der Waals surface area contributed by atoms with Gasteiger partial charge in [-0.1, -0.05) is 17.8 Å². The van der Waals surface area contributed by atoms with Crippen LogP contribution in [0.5, 0.6) is 11.5 Å². The Balaban J connectivity index is 1.44. The standard InChI is InChI=1S/C20H22N4O3S2/c1-2-24-19(14-6-7-16-17(11-14)27-9-4-8-26-16)22-23-20(24)29-13-18(25)21-12-15-5-3-10-28-15/h3,5-7,10-11H,2,4,8-9,12-13H2,1H3,(H,21,25). The fourth-order valence-electron chi connectivity index (χ4n) is 2.98. The van der Waals surface area contributed by atoms with E-state index in [0.717, 1.165) is 39.3 Å². The summed E-state index contributed by atoms with van der Waals surface area (Å²) in [5, 5.41) is 14.3. The van der Waals surface area contributed by atoms with Crippen molar-refractivity contribution in [2.24, 2.45) is 0 Å². The van der Waals surface area contributed by atoms with Gasteiger partial charge in [0.25, 0.3) is 0 Å². The number of carbonyl (C=O) groups is 1. The highest BCUT2D eigenvalue weighted by atomic mass is 32.2. The van der Waals surface area contributed by atoms with Gasteiger partial charge in [-0.25, -0.2) is 0 Å². The van der Waals surface area contributed by atoms with Gasteiger partial charge in [0.2, 0.25) is 5.91 Å². The van der Waals surface area contributed by atoms with Crippen molar-refractivity contribution in [3.05, 3.63) is 40.6 Å². The number of hydrogen-bond acceptors (Lipinski definition) is 7. The largest absolute Gasteiger partial charge is 0.490 e. The average Bonchev–Trinajstić information content (AvgIpc) is 3.34. The number of thioether (sulfide) groups is 1. The van der Waals surface area contributed by atoms with E-state index < -0.39 is 0 Å². The first-order chi connectivity index (χ1) is 14.2. The van der Waals surface area contributed by atoms with Gasteiger partial charge in [0.1, 0.15) is 0 Å². The maximum atomic E-state index is 12.2. The number of thiophene rings is 1. The lowest BCUT2D eigenvalue weighted by atomic mass is 10.2. The molecule has 0 saturated carbocycles. The van der Waals surface area contributed by atoms with Gasteiger partial charge in [-0.2, -0.15) is 0 Å². The van der Waals surface area contributed by atoms with E-state index in [1.54, 1.807) is 11.3 Å². The normalized spacial score (nSPS) is 13.1. The summed E-state index contributed by atoms with van der Waals surface area (Å²) >= 11 is 3.02. The molecule has 0 spiro atoms. The van der Waals surface area contributed by atoms with Crippen molar-refractivity contribution in [3.63, 3.8) is 0 Å². The first-order valence-electron chi connectivity index (χ1n) is 9.49. The molecule has 1 aromatic carbocycles. The quantitative estimate of drug-likeness (QED) is 0.577. The zero-order chi connectivity index (χ0) is 20.1. The molecule has 3 aromatic rings. The zero-order valence-electron chi connectivity index (χ0n) is 16.1. The van der Waals surface area contributed by atoms with Crippen molar-refractivity contribution < 1.29 is 14.3 Å². The molecule has 0 aliphatic carbocycles. The summed E-state index contributed by atoms with van der Waals surface area (Å²) in [6.45, 7) is 4.60. The van der Waals surface area contributed by atoms with Crippen LogP contribution in [-0.4, -0.2) is 39.6 Å². The minimum Gasteiger partial charge on any atom is -0.490 e. The number of carbonyl (C=O) groups excluding carboxylic acids is 1. The second-order valence-corrected chi connectivity index (χ2v) is 8.38. The number of ether oxygens (including phenoxy) is 2. The van der Waals surface area contributed by atoms with Crippen molar-refractivity contribution in [2.45, 2.75) is 31.6 Å². The Hall–Kier alpha value is -2.52. The molecule has 2 aromatic heterocycles. The van der Waals surface area contributed by atoms with Crippen molar-refractivity contribution in [2.75, 3.05) is 19.0 Å². The molecule has 1 N–H and O–H groups in total. The highest BCUT2D eigenvalue weighted by Gasteiger charge is 2.17. The number of nitrogens with one attached hydrogen (secondary N) is 1. The molecule has 9 heteroatoms. The van der Waals surface area contributed by atoms with Gasteiger partial charge in [-0.3, -0.25) is 4.79 Å². The van der Waals surface area contributed by atoms with Crippen molar-refractivity contribution >= 4 is 29.0 Å². The van der Waals surface area contributed by atoms with E-state index >= 15 is 0 Å². The molecule has 1 aliphatic heterocycles. The molecule has 29 heavy (non-hydrogen) atoms. The Bertz CT molecular complexity index is 972. The minimum atomic E-state index is -0.0221. The summed E-state index contributed by atoms with van der Waals surface area (Å²) in [5.74, 6) is 2.51. The molecular formula is C20H22N4O3S2. The van der Waals surface area contributed by atoms with E-state index in [9.17, 15) is 4.79 Å². The van der Waals surface area contributed by atoms with E-state index in [-0.39, 0.29) is 5.91 Å². The number of aromatic nitrogens is 3. The molecule has 152 valence electrons. The lowest BCUT2D eigenvalue weighted by molar-refractivity contribution is -0.118. The molecule has 4 rings (SSSR count). The van der Waals surface area contributed by atoms with Crippen LogP contribution < -0.4 is 14.8 Å². The zero-order valence-corrected chi connectivity index (χ0v) is 17.7. The third-order valence-corrected chi connectivity index (χ3v) is 6.25. The molecule has 7 nitrogen and oxygen atoms in total. The van der Waals surface area contributed by atoms with Crippen LogP contribution in [0.25, 0.3) is 11.4 Å². The molecule has 1 aliphatic rings. The number of nitrogens with zero attached hydrogens (tertiary/aromatic N) is 3. The minimum absolute atomic E-state index is 0.0221. The summed E-state index contributed by atoms with van der Waals surface area (Å²) in [6.07, 6.45) is 0.866. The summed E-state index contributed by atoms with van der Waals surface area (Å²) in [4.78, 5) is 13.3. The molecule has 0 fully saturated rings. The molecule has 0 saturated heterocycles. The van der Waals surface area contributed by atoms with Crippen molar-refractivity contribution in [1.29, 1.82) is 0 Å². The fraction of sp³-hybridized carbons (Fsp3) is 0.350. The smallest absolute Gasteiger partial charge is 0.230 e. The summed E-state index contributed by atoms with van der Waals surface area (Å²) in [7, 11) is 0. The second kappa shape index (κ2) is 9.32. The summed E-state index contributed by atoms with van der Waals surface area (Å²) in [6, 6.07) is 9.81. The van der Waals surface area contributed by atoms with Gasteiger partial charge in [0.05, 0.1) is 25.5 Å². The Kier molecular flexibility index (Phi) is 6.36. The monoisotopic (exact) mass is 430 g/mol. The fourth-order valence-corrected chi connectivity index (χ4v) is 4.45. The predicted molar refractivity (Wildman–Crippen MR) is 114 cm³/mol. The lowest BCUT2D eigenvalue weighted by Crippen LogP contribution is -2.24. The van der Waals surface area contributed by atoms with E-state index in [0.29, 0.717) is 32.1 Å². The first kappa shape index (κ1) is 19.8. The number of hydrogen-bond donors (Lipinski definition) is 1. The van der Waals surface area contributed by atoms with Gasteiger partial charge < -0.3 is 19.4 Å². The predicted octanol–water partition coefficient (Wildman–Crippen LogP) is 3.60. The number of fused-ring (bicyclic) bond motifs is 1. The van der Waals surface area contributed by atoms with Gasteiger partial charge in [-0.15, -0.1) is 21.5 Å². The first-order valence-corrected chi connectivity index (χ1v) is 11.4. The summed E-state index contributed by atoms with van der Waals surface area (Å²) in [5.41, 5.74) is 0.914. The Morgan fingerprint density at radius 1 is 1.24 bits per heavy atom. The molecular weight excluding hydrogens is 408 g/mol. The van der Waals surface area contributed by atoms with Gasteiger partial charge >= 0.3 is 0 Å². The topological polar surface area (TPSA) is 78.3 Å². The number of benzene rings is 1. The van der Waals surface area contributed by atoms with Crippen LogP contribution >= 0.6 is 23.1 Å². The lowest BCUT2D eigenvalue weighted by Gasteiger charge is -2.10. The number of rotatable bonds is 7. The SMILES string of the molecule is CCn1c(SCC(=O)NCc2cccs2)nnc1-c1ccc2c(c1)OCCCO2. The van der Waals surface area contributed by atoms with Crippen LogP contribution in [0.15, 0.2) is 40.9 Å². The third kappa shape index (κ3) is 4.73. The van der Waals surface area contributed by atoms with E-state index in [2.05, 4.69) is 15.5 Å². The van der Waals surface area contributed by atoms with Crippen molar-refractivity contribution in [1.82, 2.24) is 20.1 Å². The van der Waals surface area contributed by atoms with Gasteiger partial charge in [-0.05, 0) is 36.6 Å². The highest BCUT2D eigenvalue weighted by Crippen LogP contribution is 2.34. The van der Waals surface area contributed by atoms with Crippen LogP contribution in [0.2, 0.25) is 0 Å². The Morgan fingerprint density at radius 3 is 2.90 bits per heavy atom. The van der Waals surface area contributed by atoms with Crippen molar-refractivity contribution in [3.8, 4) is 22.9 Å². The summed E-state index contributed by atoms with van der Waals surface area (Å²) < 4.78 is 13.5. The van der Waals surface area contributed by atoms with Gasteiger partial charge in [0.15, 0.2) is 22.5 Å². The maximum Gasteiger partial charge on any atom is 0.230 e. The van der Waals surface area contributed by atoms with Crippen LogP contribution in [0.1, 0.15) is 18.2 Å². The van der Waals surface area contributed by atoms with Crippen LogP contribution in [-0.2, 0) is 17.9 Å². The highest BCUT2D eigenvalue weighted by molar-refractivity contribution is 7.99. The van der Waals surface area contributed by atoms with E-state index in [1.807, 2.05) is 47.2 Å².